The second-order valence-electron chi connectivity index (χ2n) is 6.05. The molecule has 4 nitrogen and oxygen atoms in total. The van der Waals surface area contributed by atoms with Crippen molar-refractivity contribution in [3.05, 3.63) is 70.2 Å². The van der Waals surface area contributed by atoms with Gasteiger partial charge in [-0.25, -0.2) is 8.42 Å². The van der Waals surface area contributed by atoms with Crippen LogP contribution >= 0.6 is 15.9 Å². The number of hydrogen-bond donors (Lipinski definition) is 0. The third-order valence-electron chi connectivity index (χ3n) is 4.21. The third-order valence-corrected chi connectivity index (χ3v) is 6.56. The molecule has 0 saturated carbocycles. The number of benzene rings is 2. The Labute approximate surface area is 152 Å². The summed E-state index contributed by atoms with van der Waals surface area (Å²) in [7, 11) is -3.24. The first kappa shape index (κ1) is 17.6. The minimum Gasteiger partial charge on any atom is -0.296 e. The quantitative estimate of drug-likeness (QED) is 0.762. The molecule has 0 spiro atoms. The van der Waals surface area contributed by atoms with Gasteiger partial charge in [-0.1, -0.05) is 58.4 Å². The second-order valence-corrected chi connectivity index (χ2v) is 8.93. The topological polar surface area (TPSA) is 40.6 Å². The minimum absolute atomic E-state index is 0.0828. The maximum Gasteiger partial charge on any atom is 0.218 e. The highest BCUT2D eigenvalue weighted by Gasteiger charge is 2.26. The van der Waals surface area contributed by atoms with Crippen molar-refractivity contribution in [2.75, 3.05) is 26.2 Å². The van der Waals surface area contributed by atoms with Crippen molar-refractivity contribution in [1.29, 1.82) is 0 Å². The SMILES string of the molecule is O=S(=O)(Cc1ccccc1)N1CCN(Cc2cccc(Br)c2)CC1. The van der Waals surface area contributed by atoms with Gasteiger partial charge in [0.2, 0.25) is 10.0 Å². The fraction of sp³-hybridized carbons (Fsp3) is 0.333. The fourth-order valence-corrected chi connectivity index (χ4v) is 4.90. The summed E-state index contributed by atoms with van der Waals surface area (Å²) in [5.74, 6) is 0.0828. The molecule has 24 heavy (non-hydrogen) atoms. The highest BCUT2D eigenvalue weighted by atomic mass is 79.9. The van der Waals surface area contributed by atoms with Crippen LogP contribution in [0.25, 0.3) is 0 Å². The summed E-state index contributed by atoms with van der Waals surface area (Å²) in [6.07, 6.45) is 0. The molecule has 128 valence electrons. The maximum absolute atomic E-state index is 12.6. The Morgan fingerprint density at radius 1 is 0.875 bits per heavy atom. The van der Waals surface area contributed by atoms with Gasteiger partial charge in [0.05, 0.1) is 5.75 Å². The molecular formula is C18H21BrN2O2S. The lowest BCUT2D eigenvalue weighted by Gasteiger charge is -2.34. The highest BCUT2D eigenvalue weighted by molar-refractivity contribution is 9.10. The maximum atomic E-state index is 12.6. The zero-order valence-corrected chi connectivity index (χ0v) is 15.8. The molecule has 1 heterocycles. The molecule has 0 radical (unpaired) electrons. The van der Waals surface area contributed by atoms with E-state index in [1.165, 1.54) is 5.56 Å². The van der Waals surface area contributed by atoms with Gasteiger partial charge in [-0.2, -0.15) is 4.31 Å². The normalized spacial score (nSPS) is 17.0. The Bertz CT molecular complexity index is 773. The molecule has 0 bridgehead atoms. The average Bonchev–Trinajstić information content (AvgIpc) is 2.56. The first-order valence-corrected chi connectivity index (χ1v) is 10.4. The number of sulfonamides is 1. The molecule has 3 rings (SSSR count). The van der Waals surface area contributed by atoms with Gasteiger partial charge in [-0.05, 0) is 23.3 Å². The van der Waals surface area contributed by atoms with Crippen LogP contribution in [0.3, 0.4) is 0 Å². The molecule has 0 aliphatic carbocycles. The molecule has 1 fully saturated rings. The largest absolute Gasteiger partial charge is 0.296 e. The molecule has 0 aromatic heterocycles. The van der Waals surface area contributed by atoms with E-state index in [0.717, 1.165) is 29.7 Å². The Morgan fingerprint density at radius 3 is 2.21 bits per heavy atom. The van der Waals surface area contributed by atoms with E-state index in [4.69, 9.17) is 0 Å². The Kier molecular flexibility index (Phi) is 5.71. The average molecular weight is 409 g/mol. The van der Waals surface area contributed by atoms with Crippen LogP contribution in [-0.2, 0) is 22.3 Å². The summed E-state index contributed by atoms with van der Waals surface area (Å²) in [5.41, 5.74) is 2.08. The predicted octanol–water partition coefficient (Wildman–Crippen LogP) is 3.10. The van der Waals surface area contributed by atoms with E-state index in [-0.39, 0.29) is 5.75 Å². The number of halogens is 1. The van der Waals surface area contributed by atoms with Crippen molar-refractivity contribution in [3.63, 3.8) is 0 Å². The minimum atomic E-state index is -3.24. The van der Waals surface area contributed by atoms with Gasteiger partial charge in [0.1, 0.15) is 0 Å². The van der Waals surface area contributed by atoms with Crippen LogP contribution in [0.2, 0.25) is 0 Å². The molecule has 2 aromatic rings. The molecule has 6 heteroatoms. The van der Waals surface area contributed by atoms with E-state index in [9.17, 15) is 8.42 Å². The zero-order chi connectivity index (χ0) is 17.0. The van der Waals surface area contributed by atoms with Gasteiger partial charge in [0.25, 0.3) is 0 Å². The molecule has 1 saturated heterocycles. The van der Waals surface area contributed by atoms with E-state index in [1.807, 2.05) is 42.5 Å². The van der Waals surface area contributed by atoms with E-state index in [2.05, 4.69) is 33.0 Å². The first-order valence-electron chi connectivity index (χ1n) is 8.01. The summed E-state index contributed by atoms with van der Waals surface area (Å²) in [6.45, 7) is 3.50. The Balaban J connectivity index is 1.56. The van der Waals surface area contributed by atoms with Crippen LogP contribution in [0, 0.1) is 0 Å². The van der Waals surface area contributed by atoms with E-state index in [0.29, 0.717) is 13.1 Å². The lowest BCUT2D eigenvalue weighted by molar-refractivity contribution is 0.181. The molecule has 0 atom stereocenters. The monoisotopic (exact) mass is 408 g/mol. The summed E-state index contributed by atoms with van der Waals surface area (Å²) < 4.78 is 27.8. The summed E-state index contributed by atoms with van der Waals surface area (Å²) in [6, 6.07) is 17.6. The molecule has 1 aliphatic heterocycles. The summed E-state index contributed by atoms with van der Waals surface area (Å²) in [4.78, 5) is 2.30. The van der Waals surface area contributed by atoms with E-state index in [1.54, 1.807) is 4.31 Å². The number of hydrogen-bond acceptors (Lipinski definition) is 3. The molecule has 1 aliphatic rings. The van der Waals surface area contributed by atoms with Gasteiger partial charge in [0, 0.05) is 37.2 Å². The number of piperazine rings is 1. The molecule has 0 amide bonds. The van der Waals surface area contributed by atoms with Crippen molar-refractivity contribution in [2.45, 2.75) is 12.3 Å². The smallest absolute Gasteiger partial charge is 0.218 e. The van der Waals surface area contributed by atoms with E-state index < -0.39 is 10.0 Å². The van der Waals surface area contributed by atoms with Crippen molar-refractivity contribution in [2.24, 2.45) is 0 Å². The molecule has 2 aromatic carbocycles. The van der Waals surface area contributed by atoms with Crippen molar-refractivity contribution < 1.29 is 8.42 Å². The van der Waals surface area contributed by atoms with Crippen molar-refractivity contribution in [1.82, 2.24) is 9.21 Å². The van der Waals surface area contributed by atoms with Gasteiger partial charge in [-0.3, -0.25) is 4.90 Å². The highest BCUT2D eigenvalue weighted by Crippen LogP contribution is 2.17. The van der Waals surface area contributed by atoms with Gasteiger partial charge >= 0.3 is 0 Å². The third kappa shape index (κ3) is 4.66. The standard InChI is InChI=1S/C18H21BrN2O2S/c19-18-8-4-7-17(13-18)14-20-9-11-21(12-10-20)24(22,23)15-16-5-2-1-3-6-16/h1-8,13H,9-12,14-15H2. The second kappa shape index (κ2) is 7.78. The molecule has 0 N–H and O–H groups in total. The first-order chi connectivity index (χ1) is 11.5. The Morgan fingerprint density at radius 2 is 1.54 bits per heavy atom. The van der Waals surface area contributed by atoms with Gasteiger partial charge in [-0.15, -0.1) is 0 Å². The number of rotatable bonds is 5. The molecule has 0 unspecified atom stereocenters. The summed E-state index contributed by atoms with van der Waals surface area (Å²) >= 11 is 3.49. The van der Waals surface area contributed by atoms with Crippen LogP contribution < -0.4 is 0 Å². The van der Waals surface area contributed by atoms with Crippen LogP contribution in [0.5, 0.6) is 0 Å². The lowest BCUT2D eigenvalue weighted by Crippen LogP contribution is -2.48. The molecular weight excluding hydrogens is 388 g/mol. The van der Waals surface area contributed by atoms with Gasteiger partial charge in [0.15, 0.2) is 0 Å². The number of nitrogens with zero attached hydrogens (tertiary/aromatic N) is 2. The van der Waals surface area contributed by atoms with Crippen molar-refractivity contribution >= 4 is 26.0 Å². The van der Waals surface area contributed by atoms with E-state index >= 15 is 0 Å². The predicted molar refractivity (Wildman–Crippen MR) is 100 cm³/mol. The summed E-state index contributed by atoms with van der Waals surface area (Å²) in [5, 5.41) is 0. The van der Waals surface area contributed by atoms with Crippen LogP contribution in [0.1, 0.15) is 11.1 Å². The van der Waals surface area contributed by atoms with Crippen LogP contribution in [-0.4, -0.2) is 43.8 Å². The van der Waals surface area contributed by atoms with Crippen LogP contribution in [0.4, 0.5) is 0 Å². The van der Waals surface area contributed by atoms with Gasteiger partial charge < -0.3 is 0 Å². The van der Waals surface area contributed by atoms with Crippen molar-refractivity contribution in [3.8, 4) is 0 Å². The van der Waals surface area contributed by atoms with Crippen LogP contribution in [0.15, 0.2) is 59.1 Å². The zero-order valence-electron chi connectivity index (χ0n) is 13.4. The lowest BCUT2D eigenvalue weighted by atomic mass is 10.2. The Hall–Kier alpha value is -1.21. The fourth-order valence-electron chi connectivity index (χ4n) is 2.94.